The average Bonchev–Trinajstić information content (AvgIpc) is 2.61. The minimum absolute atomic E-state index is 0.223. The molecule has 2 aromatic rings. The molecule has 3 nitrogen and oxygen atoms in total. The number of carbonyl (C=O) groups is 1. The first kappa shape index (κ1) is 13.0. The Hall–Kier alpha value is -2.03. The molecule has 1 aromatic carbocycles. The van der Waals surface area contributed by atoms with Crippen molar-refractivity contribution in [3.63, 3.8) is 0 Å². The van der Waals surface area contributed by atoms with Crippen LogP contribution < -0.4 is 0 Å². The van der Waals surface area contributed by atoms with Crippen LogP contribution in [0.5, 0.6) is 0 Å². The van der Waals surface area contributed by atoms with Gasteiger partial charge in [-0.2, -0.15) is 0 Å². The Morgan fingerprint density at radius 2 is 2.20 bits per heavy atom. The zero-order valence-electron chi connectivity index (χ0n) is 12.0. The van der Waals surface area contributed by atoms with Crippen molar-refractivity contribution < 1.29 is 9.53 Å². The first-order valence-corrected chi connectivity index (χ1v) is 7.10. The zero-order valence-corrected chi connectivity index (χ0v) is 12.0. The lowest BCUT2D eigenvalue weighted by Gasteiger charge is -2.07. The van der Waals surface area contributed by atoms with Crippen molar-refractivity contribution in [2.24, 2.45) is 7.05 Å². The number of hydrogen-bond donors (Lipinski definition) is 0. The largest absolute Gasteiger partial charge is 0.461 e. The van der Waals surface area contributed by atoms with Crippen molar-refractivity contribution in [2.75, 3.05) is 6.61 Å². The van der Waals surface area contributed by atoms with Crippen LogP contribution in [0.2, 0.25) is 0 Å². The van der Waals surface area contributed by atoms with E-state index >= 15 is 0 Å². The van der Waals surface area contributed by atoms with Gasteiger partial charge in [0.05, 0.1) is 6.61 Å². The lowest BCUT2D eigenvalue weighted by molar-refractivity contribution is 0.0514. The number of esters is 1. The SMILES string of the molecule is C=C1CCCc2c(C(=O)OCC)n(C)c3cccc1c23. The Morgan fingerprint density at radius 3 is 2.95 bits per heavy atom. The van der Waals surface area contributed by atoms with Gasteiger partial charge in [-0.25, -0.2) is 4.79 Å². The second-order valence-corrected chi connectivity index (χ2v) is 5.26. The minimum atomic E-state index is -0.223. The highest BCUT2D eigenvalue weighted by atomic mass is 16.5. The molecule has 0 radical (unpaired) electrons. The van der Waals surface area contributed by atoms with Gasteiger partial charge >= 0.3 is 5.97 Å². The molecule has 3 rings (SSSR count). The molecule has 0 N–H and O–H groups in total. The molecule has 104 valence electrons. The Balaban J connectivity index is 2.34. The van der Waals surface area contributed by atoms with E-state index in [-0.39, 0.29) is 5.97 Å². The summed E-state index contributed by atoms with van der Waals surface area (Å²) < 4.78 is 7.19. The van der Waals surface area contributed by atoms with Gasteiger partial charge in [0.25, 0.3) is 0 Å². The Morgan fingerprint density at radius 1 is 1.40 bits per heavy atom. The second kappa shape index (κ2) is 4.82. The number of rotatable bonds is 2. The Kier molecular flexibility index (Phi) is 3.13. The number of ether oxygens (including phenoxy) is 1. The fourth-order valence-corrected chi connectivity index (χ4v) is 3.19. The lowest BCUT2D eigenvalue weighted by atomic mass is 10.0. The molecule has 1 aliphatic carbocycles. The fourth-order valence-electron chi connectivity index (χ4n) is 3.19. The number of aryl methyl sites for hydroxylation is 2. The molecule has 1 heterocycles. The van der Waals surface area contributed by atoms with Gasteiger partial charge in [0, 0.05) is 18.0 Å². The van der Waals surface area contributed by atoms with E-state index in [1.54, 1.807) is 0 Å². The van der Waals surface area contributed by atoms with E-state index in [1.165, 1.54) is 10.9 Å². The van der Waals surface area contributed by atoms with E-state index < -0.39 is 0 Å². The van der Waals surface area contributed by atoms with E-state index in [1.807, 2.05) is 24.6 Å². The highest BCUT2D eigenvalue weighted by molar-refractivity contribution is 6.03. The molecular weight excluding hydrogens is 250 g/mol. The van der Waals surface area contributed by atoms with Gasteiger partial charge in [-0.15, -0.1) is 0 Å². The summed E-state index contributed by atoms with van der Waals surface area (Å²) in [5, 5.41) is 1.18. The van der Waals surface area contributed by atoms with Crippen molar-refractivity contribution in [1.29, 1.82) is 0 Å². The molecule has 0 amide bonds. The molecule has 3 heteroatoms. The second-order valence-electron chi connectivity index (χ2n) is 5.26. The summed E-state index contributed by atoms with van der Waals surface area (Å²) in [6.45, 7) is 6.43. The van der Waals surface area contributed by atoms with Crippen molar-refractivity contribution in [3.05, 3.63) is 41.6 Å². The van der Waals surface area contributed by atoms with E-state index in [2.05, 4.69) is 18.7 Å². The van der Waals surface area contributed by atoms with Crippen molar-refractivity contribution in [1.82, 2.24) is 4.57 Å². The molecule has 20 heavy (non-hydrogen) atoms. The van der Waals surface area contributed by atoms with E-state index in [0.29, 0.717) is 12.3 Å². The van der Waals surface area contributed by atoms with Crippen LogP contribution in [0.4, 0.5) is 0 Å². The normalized spacial score (nSPS) is 14.4. The van der Waals surface area contributed by atoms with Gasteiger partial charge < -0.3 is 9.30 Å². The average molecular weight is 269 g/mol. The summed E-state index contributed by atoms with van der Waals surface area (Å²) in [6.07, 6.45) is 2.92. The van der Waals surface area contributed by atoms with E-state index in [4.69, 9.17) is 4.74 Å². The van der Waals surface area contributed by atoms with Gasteiger partial charge in [0.15, 0.2) is 0 Å². The van der Waals surface area contributed by atoms with Gasteiger partial charge in [-0.05, 0) is 49.0 Å². The maximum Gasteiger partial charge on any atom is 0.355 e. The summed E-state index contributed by atoms with van der Waals surface area (Å²) in [6, 6.07) is 6.20. The van der Waals surface area contributed by atoms with E-state index in [0.717, 1.165) is 35.9 Å². The molecule has 0 aliphatic heterocycles. The molecule has 1 aromatic heterocycles. The summed E-state index contributed by atoms with van der Waals surface area (Å²) in [7, 11) is 1.94. The molecule has 0 saturated heterocycles. The molecule has 1 aliphatic rings. The Labute approximate surface area is 118 Å². The zero-order chi connectivity index (χ0) is 14.3. The minimum Gasteiger partial charge on any atom is -0.461 e. The van der Waals surface area contributed by atoms with Crippen molar-refractivity contribution >= 4 is 22.4 Å². The predicted molar refractivity (Wildman–Crippen MR) is 80.8 cm³/mol. The number of aromatic nitrogens is 1. The van der Waals surface area contributed by atoms with Crippen LogP contribution in [0.1, 0.15) is 41.4 Å². The first-order chi connectivity index (χ1) is 9.65. The highest BCUT2D eigenvalue weighted by Crippen LogP contribution is 2.37. The van der Waals surface area contributed by atoms with Crippen LogP contribution in [0.15, 0.2) is 24.8 Å². The standard InChI is InChI=1S/C17H19NO2/c1-4-20-17(19)16-13-9-5-7-11(2)12-8-6-10-14(15(12)13)18(16)3/h6,8,10H,2,4-5,7,9H2,1,3H3. The number of hydrogen-bond acceptors (Lipinski definition) is 2. The topological polar surface area (TPSA) is 31.2 Å². The maximum absolute atomic E-state index is 12.3. The summed E-state index contributed by atoms with van der Waals surface area (Å²) in [5.74, 6) is -0.223. The highest BCUT2D eigenvalue weighted by Gasteiger charge is 2.25. The molecular formula is C17H19NO2. The van der Waals surface area contributed by atoms with Crippen LogP contribution >= 0.6 is 0 Å². The van der Waals surface area contributed by atoms with Gasteiger partial charge in [-0.1, -0.05) is 18.7 Å². The Bertz CT molecular complexity index is 709. The van der Waals surface area contributed by atoms with Crippen LogP contribution in [-0.4, -0.2) is 17.1 Å². The van der Waals surface area contributed by atoms with Gasteiger partial charge in [0.2, 0.25) is 0 Å². The third-order valence-corrected chi connectivity index (χ3v) is 4.08. The van der Waals surface area contributed by atoms with Gasteiger partial charge in [-0.3, -0.25) is 0 Å². The lowest BCUT2D eigenvalue weighted by Crippen LogP contribution is -2.12. The molecule has 0 fully saturated rings. The number of benzene rings is 1. The van der Waals surface area contributed by atoms with Crippen LogP contribution in [-0.2, 0) is 18.2 Å². The maximum atomic E-state index is 12.3. The predicted octanol–water partition coefficient (Wildman–Crippen LogP) is 3.70. The van der Waals surface area contributed by atoms with E-state index in [9.17, 15) is 4.79 Å². The third kappa shape index (κ3) is 1.77. The van der Waals surface area contributed by atoms with Crippen LogP contribution in [0.25, 0.3) is 16.5 Å². The smallest absolute Gasteiger partial charge is 0.355 e. The third-order valence-electron chi connectivity index (χ3n) is 4.08. The molecule has 0 atom stereocenters. The molecule has 0 spiro atoms. The summed E-state index contributed by atoms with van der Waals surface area (Å²) in [4.78, 5) is 12.3. The number of carbonyl (C=O) groups excluding carboxylic acids is 1. The van der Waals surface area contributed by atoms with Crippen LogP contribution in [0, 0.1) is 0 Å². The molecule has 0 bridgehead atoms. The quantitative estimate of drug-likeness (QED) is 0.778. The number of nitrogens with zero attached hydrogens (tertiary/aromatic N) is 1. The van der Waals surface area contributed by atoms with Crippen molar-refractivity contribution in [2.45, 2.75) is 26.2 Å². The summed E-state index contributed by atoms with van der Waals surface area (Å²) >= 11 is 0. The van der Waals surface area contributed by atoms with Gasteiger partial charge in [0.1, 0.15) is 5.69 Å². The summed E-state index contributed by atoms with van der Waals surface area (Å²) in [5.41, 5.74) is 5.25. The monoisotopic (exact) mass is 269 g/mol. The molecule has 0 unspecified atom stereocenters. The fraction of sp³-hybridized carbons (Fsp3) is 0.353. The number of allylic oxidation sites excluding steroid dienone is 1. The first-order valence-electron chi connectivity index (χ1n) is 7.10. The van der Waals surface area contributed by atoms with Crippen molar-refractivity contribution in [3.8, 4) is 0 Å². The molecule has 0 saturated carbocycles. The van der Waals surface area contributed by atoms with Crippen LogP contribution in [0.3, 0.4) is 0 Å².